The number of aromatic nitrogens is 2. The molecule has 1 N–H and O–H groups in total. The van der Waals surface area contributed by atoms with Crippen LogP contribution in [0.2, 0.25) is 0 Å². The first-order chi connectivity index (χ1) is 16.0. The van der Waals surface area contributed by atoms with Crippen molar-refractivity contribution < 1.29 is 9.18 Å². The fraction of sp³-hybridized carbons (Fsp3) is 0.320. The van der Waals surface area contributed by atoms with Crippen molar-refractivity contribution in [2.45, 2.75) is 54.0 Å². The van der Waals surface area contributed by atoms with E-state index in [1.807, 2.05) is 31.2 Å². The van der Waals surface area contributed by atoms with Crippen LogP contribution in [0.5, 0.6) is 0 Å². The first kappa shape index (κ1) is 22.2. The Morgan fingerprint density at radius 2 is 2.00 bits per heavy atom. The number of halogens is 1. The van der Waals surface area contributed by atoms with Crippen molar-refractivity contribution in [1.82, 2.24) is 9.55 Å². The van der Waals surface area contributed by atoms with E-state index in [0.717, 1.165) is 41.1 Å². The number of hydrogen-bond donors (Lipinski definition) is 1. The molecule has 1 saturated carbocycles. The number of anilines is 1. The van der Waals surface area contributed by atoms with Crippen molar-refractivity contribution in [1.29, 1.82) is 0 Å². The van der Waals surface area contributed by atoms with E-state index in [9.17, 15) is 14.0 Å². The Bertz CT molecular complexity index is 1260. The molecular weight excluding hydrogens is 457 g/mol. The lowest BCUT2D eigenvalue weighted by Gasteiger charge is -2.24. The summed E-state index contributed by atoms with van der Waals surface area (Å²) in [6, 6.07) is 13.4. The topological polar surface area (TPSA) is 64.0 Å². The van der Waals surface area contributed by atoms with Crippen molar-refractivity contribution in [2.24, 2.45) is 0 Å². The highest BCUT2D eigenvalue weighted by atomic mass is 32.2. The second-order valence-corrected chi connectivity index (χ2v) is 10.7. The first-order valence-corrected chi connectivity index (χ1v) is 12.9. The Balaban J connectivity index is 1.47. The van der Waals surface area contributed by atoms with Gasteiger partial charge in [0.1, 0.15) is 10.8 Å². The largest absolute Gasteiger partial charge is 0.325 e. The zero-order valence-electron chi connectivity index (χ0n) is 18.2. The quantitative estimate of drug-likeness (QED) is 0.294. The van der Waals surface area contributed by atoms with E-state index in [0.29, 0.717) is 16.1 Å². The summed E-state index contributed by atoms with van der Waals surface area (Å²) in [6.45, 7) is 1.99. The van der Waals surface area contributed by atoms with Gasteiger partial charge >= 0.3 is 0 Å². The fourth-order valence-electron chi connectivity index (χ4n) is 4.57. The molecule has 0 spiro atoms. The van der Waals surface area contributed by atoms with Gasteiger partial charge in [0.05, 0.1) is 17.0 Å². The van der Waals surface area contributed by atoms with Crippen LogP contribution in [0.3, 0.4) is 0 Å². The van der Waals surface area contributed by atoms with E-state index in [2.05, 4.69) is 5.32 Å². The van der Waals surface area contributed by atoms with Crippen molar-refractivity contribution >= 4 is 35.1 Å². The van der Waals surface area contributed by atoms with Crippen LogP contribution < -0.4 is 10.9 Å². The van der Waals surface area contributed by atoms with Crippen LogP contribution in [-0.4, -0.2) is 26.5 Å². The first-order valence-electron chi connectivity index (χ1n) is 11.1. The lowest BCUT2D eigenvalue weighted by Crippen LogP contribution is -2.29. The summed E-state index contributed by atoms with van der Waals surface area (Å²) in [7, 11) is 0. The lowest BCUT2D eigenvalue weighted by molar-refractivity contribution is -0.113. The molecule has 0 radical (unpaired) electrons. The average Bonchev–Trinajstić information content (AvgIpc) is 3.18. The Morgan fingerprint density at radius 1 is 1.21 bits per heavy atom. The molecule has 1 aromatic heterocycles. The highest BCUT2D eigenvalue weighted by Gasteiger charge is 2.39. The minimum Gasteiger partial charge on any atom is -0.325 e. The van der Waals surface area contributed by atoms with Gasteiger partial charge in [-0.25, -0.2) is 9.37 Å². The molecule has 3 aromatic rings. The maximum atomic E-state index is 13.8. The maximum Gasteiger partial charge on any atom is 0.263 e. The Kier molecular flexibility index (Phi) is 6.29. The van der Waals surface area contributed by atoms with E-state index < -0.39 is 0 Å². The third-order valence-corrected chi connectivity index (χ3v) is 8.45. The molecule has 0 bridgehead atoms. The molecule has 2 atom stereocenters. The molecule has 2 aromatic carbocycles. The van der Waals surface area contributed by atoms with Crippen LogP contribution in [0.4, 0.5) is 10.1 Å². The molecule has 170 valence electrons. The number of carbonyl (C=O) groups excluding carboxylic acids is 1. The molecule has 1 aliphatic heterocycles. The average molecular weight is 482 g/mol. The number of aryl methyl sites for hydroxylation is 1. The summed E-state index contributed by atoms with van der Waals surface area (Å²) in [6.07, 6.45) is 4.48. The minimum absolute atomic E-state index is 0.0195. The van der Waals surface area contributed by atoms with E-state index in [1.54, 1.807) is 16.3 Å². The Hall–Kier alpha value is -2.58. The number of amides is 1. The van der Waals surface area contributed by atoms with Gasteiger partial charge in [0.15, 0.2) is 5.16 Å². The van der Waals surface area contributed by atoms with Gasteiger partial charge in [-0.2, -0.15) is 0 Å². The molecule has 8 heteroatoms. The molecular formula is C25H24FN3O2S2. The monoisotopic (exact) mass is 481 g/mol. The van der Waals surface area contributed by atoms with Crippen LogP contribution in [0.15, 0.2) is 63.5 Å². The molecule has 2 aliphatic rings. The van der Waals surface area contributed by atoms with E-state index in [-0.39, 0.29) is 29.0 Å². The summed E-state index contributed by atoms with van der Waals surface area (Å²) < 4.78 is 14.8. The van der Waals surface area contributed by atoms with Gasteiger partial charge in [0, 0.05) is 16.9 Å². The van der Waals surface area contributed by atoms with Gasteiger partial charge in [-0.05, 0) is 61.7 Å². The summed E-state index contributed by atoms with van der Waals surface area (Å²) in [5.41, 5.74) is 3.16. The number of benzene rings is 2. The van der Waals surface area contributed by atoms with Crippen molar-refractivity contribution in [3.8, 4) is 5.69 Å². The number of thioether (sulfide) groups is 2. The third-order valence-electron chi connectivity index (χ3n) is 6.11. The zero-order valence-corrected chi connectivity index (χ0v) is 19.8. The highest BCUT2D eigenvalue weighted by molar-refractivity contribution is 8.00. The molecule has 1 aliphatic carbocycles. The predicted molar refractivity (Wildman–Crippen MR) is 131 cm³/mol. The number of carbonyl (C=O) groups is 1. The number of rotatable bonds is 5. The van der Waals surface area contributed by atoms with Gasteiger partial charge < -0.3 is 5.32 Å². The van der Waals surface area contributed by atoms with Gasteiger partial charge in [-0.15, -0.1) is 11.8 Å². The van der Waals surface area contributed by atoms with E-state index >= 15 is 0 Å². The molecule has 5 nitrogen and oxygen atoms in total. The number of fused-ring (bicyclic) bond motifs is 3. The number of nitrogens with one attached hydrogen (secondary N) is 1. The fourth-order valence-corrected chi connectivity index (χ4v) is 6.94. The van der Waals surface area contributed by atoms with Crippen LogP contribution in [0, 0.1) is 12.7 Å². The van der Waals surface area contributed by atoms with Crippen LogP contribution in [0.1, 0.15) is 42.7 Å². The Labute approximate surface area is 200 Å². The van der Waals surface area contributed by atoms with Gasteiger partial charge in [0.25, 0.3) is 5.56 Å². The summed E-state index contributed by atoms with van der Waals surface area (Å²) in [5, 5.41) is 4.53. The summed E-state index contributed by atoms with van der Waals surface area (Å²) in [5.74, 6) is -0.245. The van der Waals surface area contributed by atoms with Crippen LogP contribution in [0.25, 0.3) is 5.69 Å². The summed E-state index contributed by atoms with van der Waals surface area (Å²) in [4.78, 5) is 31.2. The van der Waals surface area contributed by atoms with Crippen molar-refractivity contribution in [3.63, 3.8) is 0 Å². The smallest absolute Gasteiger partial charge is 0.263 e. The summed E-state index contributed by atoms with van der Waals surface area (Å²) >= 11 is 2.96. The second kappa shape index (κ2) is 9.35. The predicted octanol–water partition coefficient (Wildman–Crippen LogP) is 5.54. The van der Waals surface area contributed by atoms with Crippen molar-refractivity contribution in [3.05, 3.63) is 75.8 Å². The van der Waals surface area contributed by atoms with Gasteiger partial charge in [-0.3, -0.25) is 14.2 Å². The van der Waals surface area contributed by atoms with Crippen LogP contribution in [-0.2, 0) is 4.79 Å². The standard InChI is InChI=1S/C25H24FN3O2S2/c1-15-5-4-6-18(13-15)29-24(31)22-19-7-2-3-8-20(19)33-23(22)28-25(29)32-14-21(30)27-17-11-9-16(26)10-12-17/h4-6,9-13,19-20H,2-3,7-8,14H2,1H3,(H,27,30)/t19-,20+/m0/s1. The molecule has 0 unspecified atom stereocenters. The zero-order chi connectivity index (χ0) is 22.9. The van der Waals surface area contributed by atoms with Crippen molar-refractivity contribution in [2.75, 3.05) is 11.1 Å². The normalized spacial score (nSPS) is 19.1. The molecule has 33 heavy (non-hydrogen) atoms. The van der Waals surface area contributed by atoms with E-state index in [4.69, 9.17) is 4.98 Å². The molecule has 2 heterocycles. The molecule has 0 saturated heterocycles. The van der Waals surface area contributed by atoms with E-state index in [1.165, 1.54) is 42.4 Å². The molecule has 1 amide bonds. The molecule has 5 rings (SSSR count). The van der Waals surface area contributed by atoms with Gasteiger partial charge in [-0.1, -0.05) is 36.7 Å². The SMILES string of the molecule is Cc1cccc(-n2c(SCC(=O)Nc3ccc(F)cc3)nc3c(c2=O)[C@H]2CCCC[C@H]2S3)c1. The number of nitrogens with zero attached hydrogens (tertiary/aromatic N) is 2. The Morgan fingerprint density at radius 3 is 2.79 bits per heavy atom. The lowest BCUT2D eigenvalue weighted by atomic mass is 9.85. The third kappa shape index (κ3) is 4.59. The van der Waals surface area contributed by atoms with Gasteiger partial charge in [0.2, 0.25) is 5.91 Å². The highest BCUT2D eigenvalue weighted by Crippen LogP contribution is 2.50. The number of hydrogen-bond acceptors (Lipinski definition) is 5. The minimum atomic E-state index is -0.357. The second-order valence-electron chi connectivity index (χ2n) is 8.48. The maximum absolute atomic E-state index is 13.8. The molecule has 1 fully saturated rings. The van der Waals surface area contributed by atoms with Crippen LogP contribution >= 0.6 is 23.5 Å².